The number of nitrogens with zero attached hydrogens (tertiary/aromatic N) is 3. The molecule has 0 amide bonds. The molecule has 0 N–H and O–H groups in total. The lowest BCUT2D eigenvalue weighted by atomic mass is 9.97. The predicted molar refractivity (Wildman–Crippen MR) is 76.5 cm³/mol. The SMILES string of the molecule is COC(=O)[C@H]1O[C@H](N=[N+]=[N-])[C@H](OC(C)=O)[C@@H](OC(C)=O)[C@@H]1OC(C)=O. The van der Waals surface area contributed by atoms with Crippen LogP contribution in [-0.4, -0.2) is 61.6 Å². The number of hydrogen-bond donors (Lipinski definition) is 0. The van der Waals surface area contributed by atoms with Gasteiger partial charge in [0.2, 0.25) is 0 Å². The number of rotatable bonds is 5. The quantitative estimate of drug-likeness (QED) is 0.216. The molecule has 1 fully saturated rings. The molecule has 0 saturated carbocycles. The Balaban J connectivity index is 3.38. The zero-order valence-corrected chi connectivity index (χ0v) is 13.9. The van der Waals surface area contributed by atoms with Crippen LogP contribution in [0.2, 0.25) is 0 Å². The Hall–Kier alpha value is -2.85. The summed E-state index contributed by atoms with van der Waals surface area (Å²) in [6.07, 6.45) is -7.47. The van der Waals surface area contributed by atoms with Crippen LogP contribution in [0.4, 0.5) is 0 Å². The van der Waals surface area contributed by atoms with E-state index in [0.29, 0.717) is 0 Å². The molecule has 1 heterocycles. The zero-order valence-electron chi connectivity index (χ0n) is 13.9. The molecule has 12 nitrogen and oxygen atoms in total. The summed E-state index contributed by atoms with van der Waals surface area (Å²) in [5, 5.41) is 3.30. The van der Waals surface area contributed by atoms with Crippen molar-refractivity contribution in [2.24, 2.45) is 5.11 Å². The van der Waals surface area contributed by atoms with Gasteiger partial charge in [-0.05, 0) is 5.53 Å². The number of methoxy groups -OCH3 is 1. The van der Waals surface area contributed by atoms with E-state index in [-0.39, 0.29) is 0 Å². The Morgan fingerprint density at radius 1 is 0.920 bits per heavy atom. The van der Waals surface area contributed by atoms with Gasteiger partial charge in [-0.3, -0.25) is 14.4 Å². The summed E-state index contributed by atoms with van der Waals surface area (Å²) in [4.78, 5) is 48.6. The van der Waals surface area contributed by atoms with Crippen LogP contribution in [0, 0.1) is 0 Å². The Bertz CT molecular complexity index is 602. The van der Waals surface area contributed by atoms with Gasteiger partial charge in [0.05, 0.1) is 7.11 Å². The molecular weight excluding hydrogens is 342 g/mol. The maximum Gasteiger partial charge on any atom is 0.339 e. The Morgan fingerprint density at radius 2 is 1.40 bits per heavy atom. The largest absolute Gasteiger partial charge is 0.467 e. The molecule has 1 aliphatic rings. The summed E-state index contributed by atoms with van der Waals surface area (Å²) >= 11 is 0. The number of hydrogen-bond acceptors (Lipinski definition) is 10. The van der Waals surface area contributed by atoms with Crippen molar-refractivity contribution < 1.29 is 42.9 Å². The average Bonchev–Trinajstić information content (AvgIpc) is 2.50. The summed E-state index contributed by atoms with van der Waals surface area (Å²) in [6, 6.07) is 0. The van der Waals surface area contributed by atoms with Crippen LogP contribution >= 0.6 is 0 Å². The molecule has 1 aliphatic heterocycles. The first-order chi connectivity index (χ1) is 11.7. The lowest BCUT2D eigenvalue weighted by Crippen LogP contribution is -2.62. The minimum Gasteiger partial charge on any atom is -0.467 e. The van der Waals surface area contributed by atoms with Crippen molar-refractivity contribution in [1.29, 1.82) is 0 Å². The van der Waals surface area contributed by atoms with Crippen LogP contribution in [0.5, 0.6) is 0 Å². The minimum atomic E-state index is -1.57. The van der Waals surface area contributed by atoms with Gasteiger partial charge in [-0.1, -0.05) is 5.11 Å². The third kappa shape index (κ3) is 5.33. The molecule has 1 rings (SSSR count). The summed E-state index contributed by atoms with van der Waals surface area (Å²) in [7, 11) is 1.05. The lowest BCUT2D eigenvalue weighted by Gasteiger charge is -2.42. The predicted octanol–water partition coefficient (Wildman–Crippen LogP) is -0.0103. The van der Waals surface area contributed by atoms with Crippen LogP contribution in [0.15, 0.2) is 5.11 Å². The molecular formula is C13H17N3O9. The third-order valence-electron chi connectivity index (χ3n) is 3.02. The first-order valence-electron chi connectivity index (χ1n) is 7.00. The maximum atomic E-state index is 11.9. The molecule has 1 saturated heterocycles. The van der Waals surface area contributed by atoms with E-state index < -0.39 is 54.5 Å². The lowest BCUT2D eigenvalue weighted by molar-refractivity contribution is -0.247. The van der Waals surface area contributed by atoms with E-state index in [9.17, 15) is 19.2 Å². The van der Waals surface area contributed by atoms with E-state index >= 15 is 0 Å². The van der Waals surface area contributed by atoms with Crippen molar-refractivity contribution in [2.75, 3.05) is 7.11 Å². The highest BCUT2D eigenvalue weighted by atomic mass is 16.7. The van der Waals surface area contributed by atoms with Gasteiger partial charge in [-0.2, -0.15) is 0 Å². The fourth-order valence-corrected chi connectivity index (χ4v) is 2.24. The van der Waals surface area contributed by atoms with Crippen molar-refractivity contribution in [1.82, 2.24) is 0 Å². The molecule has 0 unspecified atom stereocenters. The second-order valence-corrected chi connectivity index (χ2v) is 4.90. The zero-order chi connectivity index (χ0) is 19.1. The topological polar surface area (TPSA) is 163 Å². The van der Waals surface area contributed by atoms with E-state index in [1.165, 1.54) is 0 Å². The van der Waals surface area contributed by atoms with Gasteiger partial charge in [0.15, 0.2) is 30.6 Å². The first-order valence-corrected chi connectivity index (χ1v) is 7.00. The molecule has 25 heavy (non-hydrogen) atoms. The molecule has 12 heteroatoms. The molecule has 0 aromatic heterocycles. The molecule has 0 aromatic rings. The Morgan fingerprint density at radius 3 is 1.84 bits per heavy atom. The fourth-order valence-electron chi connectivity index (χ4n) is 2.24. The van der Waals surface area contributed by atoms with Crippen LogP contribution in [-0.2, 0) is 42.9 Å². The number of carbonyl (C=O) groups excluding carboxylic acids is 4. The molecule has 0 spiro atoms. The highest BCUT2D eigenvalue weighted by Gasteiger charge is 2.54. The van der Waals surface area contributed by atoms with Crippen LogP contribution in [0.1, 0.15) is 20.8 Å². The third-order valence-corrected chi connectivity index (χ3v) is 3.02. The van der Waals surface area contributed by atoms with E-state index in [1.54, 1.807) is 0 Å². The molecule has 0 aliphatic carbocycles. The van der Waals surface area contributed by atoms with Crippen molar-refractivity contribution in [3.05, 3.63) is 10.4 Å². The van der Waals surface area contributed by atoms with Gasteiger partial charge in [-0.15, -0.1) is 0 Å². The Kier molecular flexibility index (Phi) is 7.15. The summed E-state index contributed by atoms with van der Waals surface area (Å²) in [6.45, 7) is 3.17. The van der Waals surface area contributed by atoms with E-state index in [4.69, 9.17) is 24.5 Å². The molecule has 138 valence electrons. The molecule has 0 bridgehead atoms. The van der Waals surface area contributed by atoms with Crippen molar-refractivity contribution in [3.8, 4) is 0 Å². The molecule has 0 radical (unpaired) electrons. The number of azide groups is 1. The second-order valence-electron chi connectivity index (χ2n) is 4.90. The smallest absolute Gasteiger partial charge is 0.339 e. The monoisotopic (exact) mass is 359 g/mol. The van der Waals surface area contributed by atoms with Crippen molar-refractivity contribution in [2.45, 2.75) is 51.4 Å². The van der Waals surface area contributed by atoms with Gasteiger partial charge < -0.3 is 23.7 Å². The average molecular weight is 359 g/mol. The fraction of sp³-hybridized carbons (Fsp3) is 0.692. The van der Waals surface area contributed by atoms with E-state index in [0.717, 1.165) is 27.9 Å². The minimum absolute atomic E-state index is 0.804. The van der Waals surface area contributed by atoms with Gasteiger partial charge in [0.1, 0.15) is 0 Å². The molecule has 0 aromatic carbocycles. The summed E-state index contributed by atoms with van der Waals surface area (Å²) in [5.74, 6) is -3.40. The second kappa shape index (κ2) is 8.85. The highest BCUT2D eigenvalue weighted by molar-refractivity contribution is 5.77. The Labute approximate surface area is 141 Å². The van der Waals surface area contributed by atoms with Gasteiger partial charge in [-0.25, -0.2) is 4.79 Å². The number of carbonyl (C=O) groups is 4. The van der Waals surface area contributed by atoms with Gasteiger partial charge in [0.25, 0.3) is 0 Å². The maximum absolute atomic E-state index is 11.9. The van der Waals surface area contributed by atoms with Gasteiger partial charge >= 0.3 is 23.9 Å². The normalized spacial score (nSPS) is 28.1. The van der Waals surface area contributed by atoms with E-state index in [1.807, 2.05) is 0 Å². The van der Waals surface area contributed by atoms with Crippen LogP contribution < -0.4 is 0 Å². The van der Waals surface area contributed by atoms with Crippen LogP contribution in [0.25, 0.3) is 10.4 Å². The summed E-state index contributed by atoms with van der Waals surface area (Å²) in [5.41, 5.74) is 8.66. The van der Waals surface area contributed by atoms with Crippen molar-refractivity contribution >= 4 is 23.9 Å². The van der Waals surface area contributed by atoms with E-state index in [2.05, 4.69) is 14.8 Å². The van der Waals surface area contributed by atoms with Crippen LogP contribution in [0.3, 0.4) is 0 Å². The number of ether oxygens (including phenoxy) is 5. The first kappa shape index (κ1) is 20.2. The number of esters is 4. The summed E-state index contributed by atoms with van der Waals surface area (Å²) < 4.78 is 24.9. The van der Waals surface area contributed by atoms with Gasteiger partial charge in [0, 0.05) is 25.7 Å². The highest BCUT2D eigenvalue weighted by Crippen LogP contribution is 2.30. The van der Waals surface area contributed by atoms with Crippen molar-refractivity contribution in [3.63, 3.8) is 0 Å². The molecule has 5 atom stereocenters. The standard InChI is InChI=1S/C13H17N3O9/c1-5(17)22-8-9(23-6(2)18)11(13(20)21-4)25-12(15-16-14)10(8)24-7(3)19/h8-12H,1-4H3/t8-,9-,10+,11-,12-/m0/s1.